The van der Waals surface area contributed by atoms with Gasteiger partial charge in [-0.05, 0) is 18.6 Å². The predicted octanol–water partition coefficient (Wildman–Crippen LogP) is 2.61. The molecule has 4 nitrogen and oxygen atoms in total. The van der Waals surface area contributed by atoms with Crippen LogP contribution in [0.15, 0.2) is 15.5 Å². The molecule has 0 aromatic heterocycles. The molecular formula is C11H12BrNO3. The molecule has 0 heterocycles. The highest BCUT2D eigenvalue weighted by molar-refractivity contribution is 9.10. The molecule has 0 N–H and O–H groups in total. The molecule has 0 atom stereocenters. The Kier molecular flexibility index (Phi) is 4.52. The first-order valence-corrected chi connectivity index (χ1v) is 5.38. The van der Waals surface area contributed by atoms with Crippen molar-refractivity contribution in [3.63, 3.8) is 0 Å². The zero-order valence-electron chi connectivity index (χ0n) is 9.33. The number of methoxy groups -OCH3 is 2. The number of rotatable bonds is 4. The molecule has 0 saturated heterocycles. The van der Waals surface area contributed by atoms with E-state index < -0.39 is 0 Å². The zero-order chi connectivity index (χ0) is 12.1. The summed E-state index contributed by atoms with van der Waals surface area (Å²) >= 11 is 3.41. The van der Waals surface area contributed by atoms with Crippen LogP contribution in [0.2, 0.25) is 0 Å². The number of hydrogen-bond acceptors (Lipinski definition) is 4. The van der Waals surface area contributed by atoms with Crippen molar-refractivity contribution < 1.29 is 14.3 Å². The highest BCUT2D eigenvalue weighted by Gasteiger charge is 2.14. The lowest BCUT2D eigenvalue weighted by Crippen LogP contribution is -1.98. The highest BCUT2D eigenvalue weighted by Crippen LogP contribution is 2.37. The van der Waals surface area contributed by atoms with Crippen LogP contribution in [0.1, 0.15) is 11.1 Å². The second-order valence-electron chi connectivity index (χ2n) is 3.10. The fourth-order valence-electron chi connectivity index (χ4n) is 1.48. The molecule has 1 aromatic carbocycles. The van der Waals surface area contributed by atoms with Gasteiger partial charge < -0.3 is 9.47 Å². The second kappa shape index (κ2) is 5.68. The number of benzene rings is 1. The summed E-state index contributed by atoms with van der Waals surface area (Å²) in [5.41, 5.74) is 1.79. The van der Waals surface area contributed by atoms with E-state index in [2.05, 4.69) is 20.9 Å². The normalized spacial score (nSPS) is 9.50. The molecule has 0 bridgehead atoms. The molecule has 86 valence electrons. The van der Waals surface area contributed by atoms with Gasteiger partial charge in [0, 0.05) is 10.0 Å². The smallest absolute Gasteiger partial charge is 0.235 e. The van der Waals surface area contributed by atoms with Crippen LogP contribution in [0, 0.1) is 6.92 Å². The van der Waals surface area contributed by atoms with Gasteiger partial charge in [0.05, 0.1) is 20.8 Å². The Morgan fingerprint density at radius 3 is 2.62 bits per heavy atom. The Morgan fingerprint density at radius 2 is 2.12 bits per heavy atom. The van der Waals surface area contributed by atoms with Crippen LogP contribution in [-0.4, -0.2) is 20.3 Å². The maximum Gasteiger partial charge on any atom is 0.235 e. The van der Waals surface area contributed by atoms with E-state index in [1.165, 1.54) is 6.08 Å². The Bertz CT molecular complexity index is 439. The average Bonchev–Trinajstić information content (AvgIpc) is 2.28. The summed E-state index contributed by atoms with van der Waals surface area (Å²) in [6.07, 6.45) is 1.52. The number of halogens is 1. The quantitative estimate of drug-likeness (QED) is 0.631. The first-order chi connectivity index (χ1) is 7.65. The average molecular weight is 286 g/mol. The monoisotopic (exact) mass is 285 g/mol. The summed E-state index contributed by atoms with van der Waals surface area (Å²) in [7, 11) is 3.15. The van der Waals surface area contributed by atoms with Crippen molar-refractivity contribution in [2.75, 3.05) is 14.2 Å². The zero-order valence-corrected chi connectivity index (χ0v) is 10.9. The highest BCUT2D eigenvalue weighted by atomic mass is 79.9. The van der Waals surface area contributed by atoms with Crippen LogP contribution in [0.3, 0.4) is 0 Å². The minimum absolute atomic E-state index is 0.274. The molecule has 0 unspecified atom stereocenters. The molecule has 0 saturated carbocycles. The van der Waals surface area contributed by atoms with Crippen molar-refractivity contribution in [2.45, 2.75) is 13.5 Å². The van der Waals surface area contributed by atoms with E-state index in [0.717, 1.165) is 15.6 Å². The van der Waals surface area contributed by atoms with Gasteiger partial charge in [-0.3, -0.25) is 0 Å². The van der Waals surface area contributed by atoms with Crippen LogP contribution >= 0.6 is 15.9 Å². The van der Waals surface area contributed by atoms with Gasteiger partial charge in [-0.25, -0.2) is 9.79 Å². The van der Waals surface area contributed by atoms with E-state index in [9.17, 15) is 4.79 Å². The summed E-state index contributed by atoms with van der Waals surface area (Å²) in [4.78, 5) is 13.7. The first-order valence-electron chi connectivity index (χ1n) is 4.59. The third-order valence-corrected chi connectivity index (χ3v) is 3.00. The topological polar surface area (TPSA) is 47.9 Å². The van der Waals surface area contributed by atoms with E-state index in [1.54, 1.807) is 20.3 Å². The van der Waals surface area contributed by atoms with E-state index in [1.807, 2.05) is 6.92 Å². The summed E-state index contributed by atoms with van der Waals surface area (Å²) in [6.45, 7) is 2.16. The Balaban J connectivity index is 3.34. The summed E-state index contributed by atoms with van der Waals surface area (Å²) < 4.78 is 11.3. The van der Waals surface area contributed by atoms with Gasteiger partial charge in [-0.15, -0.1) is 0 Å². The van der Waals surface area contributed by atoms with Gasteiger partial charge >= 0.3 is 0 Å². The van der Waals surface area contributed by atoms with Gasteiger partial charge in [0.25, 0.3) is 0 Å². The van der Waals surface area contributed by atoms with Crippen molar-refractivity contribution in [3.8, 4) is 11.5 Å². The van der Waals surface area contributed by atoms with Crippen LogP contribution in [0.25, 0.3) is 0 Å². The van der Waals surface area contributed by atoms with Crippen LogP contribution < -0.4 is 9.47 Å². The third-order valence-electron chi connectivity index (χ3n) is 2.29. The molecule has 0 aliphatic carbocycles. The fraction of sp³-hybridized carbons (Fsp3) is 0.364. The van der Waals surface area contributed by atoms with Crippen molar-refractivity contribution in [1.29, 1.82) is 0 Å². The summed E-state index contributed by atoms with van der Waals surface area (Å²) in [6, 6.07) is 1.79. The van der Waals surface area contributed by atoms with Crippen molar-refractivity contribution >= 4 is 22.0 Å². The van der Waals surface area contributed by atoms with Crippen molar-refractivity contribution in [1.82, 2.24) is 0 Å². The minimum Gasteiger partial charge on any atom is -0.493 e. The second-order valence-corrected chi connectivity index (χ2v) is 3.96. The van der Waals surface area contributed by atoms with Gasteiger partial charge in [0.2, 0.25) is 6.08 Å². The number of aliphatic imine (C=N–C) groups is 1. The molecule has 5 heteroatoms. The Morgan fingerprint density at radius 1 is 1.44 bits per heavy atom. The Labute approximate surface area is 102 Å². The molecule has 0 amide bonds. The van der Waals surface area contributed by atoms with Crippen LogP contribution in [-0.2, 0) is 11.3 Å². The van der Waals surface area contributed by atoms with Crippen LogP contribution in [0.5, 0.6) is 11.5 Å². The number of nitrogens with zero attached hydrogens (tertiary/aromatic N) is 1. The molecule has 1 aromatic rings. The van der Waals surface area contributed by atoms with Crippen molar-refractivity contribution in [2.24, 2.45) is 4.99 Å². The van der Waals surface area contributed by atoms with E-state index >= 15 is 0 Å². The minimum atomic E-state index is 0.274. The van der Waals surface area contributed by atoms with E-state index in [0.29, 0.717) is 11.5 Å². The Hall–Kier alpha value is -1.32. The first kappa shape index (κ1) is 12.7. The third kappa shape index (κ3) is 2.43. The fourth-order valence-corrected chi connectivity index (χ4v) is 2.11. The van der Waals surface area contributed by atoms with E-state index in [4.69, 9.17) is 9.47 Å². The largest absolute Gasteiger partial charge is 0.493 e. The predicted molar refractivity (Wildman–Crippen MR) is 63.8 cm³/mol. The number of isocyanates is 1. The molecule has 0 aliphatic rings. The van der Waals surface area contributed by atoms with E-state index in [-0.39, 0.29) is 6.54 Å². The molecule has 0 spiro atoms. The SMILES string of the molecule is COc1cc(Br)c(CN=C=O)c(C)c1OC. The number of ether oxygens (including phenoxy) is 2. The summed E-state index contributed by atoms with van der Waals surface area (Å²) in [5.74, 6) is 1.30. The maximum atomic E-state index is 10.1. The summed E-state index contributed by atoms with van der Waals surface area (Å²) in [5, 5.41) is 0. The van der Waals surface area contributed by atoms with Crippen molar-refractivity contribution in [3.05, 3.63) is 21.7 Å². The molecule has 0 radical (unpaired) electrons. The molecule has 1 rings (SSSR count). The van der Waals surface area contributed by atoms with Gasteiger partial charge in [0.15, 0.2) is 11.5 Å². The maximum absolute atomic E-state index is 10.1. The number of carbonyl (C=O) groups excluding carboxylic acids is 1. The van der Waals surface area contributed by atoms with Gasteiger partial charge in [0.1, 0.15) is 0 Å². The van der Waals surface area contributed by atoms with Gasteiger partial charge in [-0.1, -0.05) is 15.9 Å². The standard InChI is InChI=1S/C11H12BrNO3/c1-7-8(5-13-6-14)9(12)4-10(15-2)11(7)16-3/h4H,5H2,1-3H3. The lowest BCUT2D eigenvalue weighted by atomic mass is 10.1. The lowest BCUT2D eigenvalue weighted by molar-refractivity contribution is 0.352. The van der Waals surface area contributed by atoms with Gasteiger partial charge in [-0.2, -0.15) is 0 Å². The molecule has 0 aliphatic heterocycles. The molecule has 16 heavy (non-hydrogen) atoms. The lowest BCUT2D eigenvalue weighted by Gasteiger charge is -2.14. The molecular weight excluding hydrogens is 274 g/mol. The van der Waals surface area contributed by atoms with Crippen LogP contribution in [0.4, 0.5) is 0 Å². The number of hydrogen-bond donors (Lipinski definition) is 0. The molecule has 0 fully saturated rings.